The Kier molecular flexibility index (Phi) is 2.17. The lowest BCUT2D eigenvalue weighted by molar-refractivity contribution is 0.444. The van der Waals surface area contributed by atoms with Crippen molar-refractivity contribution in [2.24, 2.45) is 0 Å². The van der Waals surface area contributed by atoms with Gasteiger partial charge < -0.3 is 17.5 Å². The van der Waals surface area contributed by atoms with Crippen molar-refractivity contribution in [3.63, 3.8) is 0 Å². The van der Waals surface area contributed by atoms with Crippen LogP contribution >= 0.6 is 0 Å². The minimum atomic E-state index is -4.76. The van der Waals surface area contributed by atoms with Gasteiger partial charge in [0.1, 0.15) is 0 Å². The molecule has 0 fully saturated rings. The summed E-state index contributed by atoms with van der Waals surface area (Å²) in [5.41, 5.74) is 1.23. The van der Waals surface area contributed by atoms with Crippen LogP contribution in [0.4, 0.5) is 12.9 Å². The summed E-state index contributed by atoms with van der Waals surface area (Å²) in [5, 5.41) is 0. The lowest BCUT2D eigenvalue weighted by atomic mass is 9.92. The minimum absolute atomic E-state index is 0.578. The van der Waals surface area contributed by atoms with Crippen LogP contribution in [0.2, 0.25) is 0 Å². The normalized spacial score (nSPS) is 12.1. The second kappa shape index (κ2) is 2.84. The van der Waals surface area contributed by atoms with E-state index < -0.39 is 13.4 Å². The fourth-order valence-electron chi connectivity index (χ4n) is 0.951. The van der Waals surface area contributed by atoms with Crippen molar-refractivity contribution in [3.8, 4) is 0 Å². The van der Waals surface area contributed by atoms with E-state index in [4.69, 9.17) is 0 Å². The quantitative estimate of drug-likeness (QED) is 0.630. The van der Waals surface area contributed by atoms with Crippen molar-refractivity contribution in [1.29, 1.82) is 0 Å². The molecule has 0 aliphatic carbocycles. The number of imidazole rings is 1. The van der Waals surface area contributed by atoms with Crippen molar-refractivity contribution >= 4 is 6.98 Å². The summed E-state index contributed by atoms with van der Waals surface area (Å²) in [7, 11) is 0. The smallest absolute Gasteiger partial charge is 0.448 e. The van der Waals surface area contributed by atoms with E-state index in [1.807, 2.05) is 0 Å². The zero-order valence-electron chi connectivity index (χ0n) is 6.89. The average Bonchev–Trinajstić information content (AvgIpc) is 2.16. The number of hydrogen-bond acceptors (Lipinski definition) is 1. The number of nitrogens with zero attached hydrogens (tertiary/aromatic N) is 2. The third-order valence-electron chi connectivity index (χ3n) is 1.75. The molecular formula is C6H9BF3N2-. The monoisotopic (exact) mass is 177 g/mol. The molecule has 1 rings (SSSR count). The molecule has 0 unspecified atom stereocenters. The van der Waals surface area contributed by atoms with Crippen LogP contribution in [0.15, 0.2) is 6.33 Å². The maximum atomic E-state index is 11.9. The summed E-state index contributed by atoms with van der Waals surface area (Å²) in [4.78, 5) is 3.77. The molecule has 0 amide bonds. The topological polar surface area (TPSA) is 17.8 Å². The van der Waals surface area contributed by atoms with Gasteiger partial charge in [-0.2, -0.15) is 0 Å². The Morgan fingerprint density at radius 1 is 1.42 bits per heavy atom. The molecule has 0 N–H and O–H groups in total. The molecule has 6 heteroatoms. The Morgan fingerprint density at radius 2 is 2.00 bits per heavy atom. The van der Waals surface area contributed by atoms with Gasteiger partial charge in [-0.3, -0.25) is 0 Å². The molecule has 0 aromatic carbocycles. The second-order valence-corrected chi connectivity index (χ2v) is 2.78. The van der Waals surface area contributed by atoms with Gasteiger partial charge in [0.05, 0.1) is 12.0 Å². The van der Waals surface area contributed by atoms with E-state index >= 15 is 0 Å². The van der Waals surface area contributed by atoms with E-state index in [9.17, 15) is 12.9 Å². The van der Waals surface area contributed by atoms with Gasteiger partial charge in [0.25, 0.3) is 0 Å². The van der Waals surface area contributed by atoms with Gasteiger partial charge >= 0.3 is 6.98 Å². The summed E-state index contributed by atoms with van der Waals surface area (Å²) in [5.74, 6) is 0. The van der Waals surface area contributed by atoms with Crippen LogP contribution in [0.25, 0.3) is 0 Å². The van der Waals surface area contributed by atoms with E-state index in [1.54, 1.807) is 13.8 Å². The van der Waals surface area contributed by atoms with Crippen LogP contribution < -0.4 is 0 Å². The molecule has 0 saturated heterocycles. The van der Waals surface area contributed by atoms with Crippen LogP contribution in [0, 0.1) is 13.8 Å². The Balaban J connectivity index is 2.83. The standard InChI is InChI=1S/C6H9BF3N2/c1-5-6(2)12(4-11-5)3-7(8,9)10/h4H,3H2,1-2H3/q-1. The predicted octanol–water partition coefficient (Wildman–Crippen LogP) is 1.89. The van der Waals surface area contributed by atoms with E-state index in [0.29, 0.717) is 11.4 Å². The molecule has 1 heterocycles. The molecule has 0 aliphatic rings. The third kappa shape index (κ3) is 2.02. The number of hydrogen-bond donors (Lipinski definition) is 0. The highest BCUT2D eigenvalue weighted by Crippen LogP contribution is 2.14. The molecule has 0 bridgehead atoms. The summed E-state index contributed by atoms with van der Waals surface area (Å²) in [6.07, 6.45) is 0.326. The summed E-state index contributed by atoms with van der Waals surface area (Å²) >= 11 is 0. The van der Waals surface area contributed by atoms with Crippen molar-refractivity contribution in [2.45, 2.75) is 20.3 Å². The summed E-state index contributed by atoms with van der Waals surface area (Å²) in [6.45, 7) is -1.45. The molecule has 0 aliphatic heterocycles. The summed E-state index contributed by atoms with van der Waals surface area (Å²) < 4.78 is 37.0. The number of rotatable bonds is 2. The maximum Gasteiger partial charge on any atom is 0.497 e. The molecule has 0 radical (unpaired) electrons. The van der Waals surface area contributed by atoms with Crippen LogP contribution in [-0.4, -0.2) is 16.5 Å². The Labute approximate surface area is 68.5 Å². The molecule has 0 atom stereocenters. The Morgan fingerprint density at radius 3 is 2.33 bits per heavy atom. The van der Waals surface area contributed by atoms with Gasteiger partial charge in [-0.15, -0.1) is 0 Å². The van der Waals surface area contributed by atoms with Gasteiger partial charge in [-0.05, 0) is 20.3 Å². The third-order valence-corrected chi connectivity index (χ3v) is 1.75. The van der Waals surface area contributed by atoms with Gasteiger partial charge in [0.15, 0.2) is 0 Å². The van der Waals surface area contributed by atoms with Crippen LogP contribution in [-0.2, 0) is 6.44 Å². The fraction of sp³-hybridized carbons (Fsp3) is 0.500. The lowest BCUT2D eigenvalue weighted by Crippen LogP contribution is -2.24. The number of aryl methyl sites for hydroxylation is 1. The highest BCUT2D eigenvalue weighted by atomic mass is 19.4. The van der Waals surface area contributed by atoms with Gasteiger partial charge in [-0.1, -0.05) is 0 Å². The average molecular weight is 177 g/mol. The largest absolute Gasteiger partial charge is 0.497 e. The Bertz CT molecular complexity index is 279. The fourth-order valence-corrected chi connectivity index (χ4v) is 0.951. The number of aromatic nitrogens is 2. The lowest BCUT2D eigenvalue weighted by Gasteiger charge is -2.15. The van der Waals surface area contributed by atoms with Gasteiger partial charge in [0.2, 0.25) is 0 Å². The molecule has 1 aromatic rings. The first-order valence-corrected chi connectivity index (χ1v) is 3.59. The van der Waals surface area contributed by atoms with Crippen molar-refractivity contribution < 1.29 is 12.9 Å². The molecule has 68 valence electrons. The molecular weight excluding hydrogens is 168 g/mol. The van der Waals surface area contributed by atoms with Crippen molar-refractivity contribution in [3.05, 3.63) is 17.7 Å². The Hall–Kier alpha value is -0.935. The van der Waals surface area contributed by atoms with Crippen molar-refractivity contribution in [1.82, 2.24) is 9.55 Å². The highest BCUT2D eigenvalue weighted by molar-refractivity contribution is 6.57. The van der Waals surface area contributed by atoms with E-state index in [-0.39, 0.29) is 0 Å². The maximum absolute atomic E-state index is 11.9. The summed E-state index contributed by atoms with van der Waals surface area (Å²) in [6, 6.07) is 0. The van der Waals surface area contributed by atoms with Crippen LogP contribution in [0.1, 0.15) is 11.4 Å². The van der Waals surface area contributed by atoms with Gasteiger partial charge in [-0.25, -0.2) is 4.98 Å². The van der Waals surface area contributed by atoms with Gasteiger partial charge in [0, 0.05) is 5.69 Å². The van der Waals surface area contributed by atoms with Crippen molar-refractivity contribution in [2.75, 3.05) is 0 Å². The molecule has 2 nitrogen and oxygen atoms in total. The molecule has 0 spiro atoms. The van der Waals surface area contributed by atoms with Crippen LogP contribution in [0.5, 0.6) is 0 Å². The zero-order valence-corrected chi connectivity index (χ0v) is 6.89. The predicted molar refractivity (Wildman–Crippen MR) is 40.8 cm³/mol. The highest BCUT2D eigenvalue weighted by Gasteiger charge is 2.24. The first-order valence-electron chi connectivity index (χ1n) is 3.59. The first-order chi connectivity index (χ1) is 5.40. The minimum Gasteiger partial charge on any atom is -0.448 e. The van der Waals surface area contributed by atoms with E-state index in [1.165, 1.54) is 6.33 Å². The van der Waals surface area contributed by atoms with E-state index in [2.05, 4.69) is 4.98 Å². The molecule has 1 aromatic heterocycles. The second-order valence-electron chi connectivity index (χ2n) is 2.78. The first kappa shape index (κ1) is 9.16. The zero-order chi connectivity index (χ0) is 9.35. The molecule has 12 heavy (non-hydrogen) atoms. The van der Waals surface area contributed by atoms with E-state index in [0.717, 1.165) is 4.57 Å². The molecule has 0 saturated carbocycles. The van der Waals surface area contributed by atoms with Crippen LogP contribution in [0.3, 0.4) is 0 Å². The SMILES string of the molecule is Cc1ncn(C[B-](F)(F)F)c1C. The number of halogens is 3.